The highest BCUT2D eigenvalue weighted by molar-refractivity contribution is 5.85. The first-order chi connectivity index (χ1) is 13.5. The lowest BCUT2D eigenvalue weighted by Crippen LogP contribution is -2.45. The van der Waals surface area contributed by atoms with Crippen LogP contribution in [0.2, 0.25) is 0 Å². The van der Waals surface area contributed by atoms with Crippen LogP contribution in [0.15, 0.2) is 29.4 Å². The van der Waals surface area contributed by atoms with E-state index in [9.17, 15) is 9.18 Å². The van der Waals surface area contributed by atoms with Crippen molar-refractivity contribution in [3.05, 3.63) is 35.8 Å². The van der Waals surface area contributed by atoms with Gasteiger partial charge in [-0.15, -0.1) is 0 Å². The molecule has 1 heterocycles. The largest absolute Gasteiger partial charge is 0.361 e. The molecule has 28 heavy (non-hydrogen) atoms. The van der Waals surface area contributed by atoms with Gasteiger partial charge in [-0.25, -0.2) is 9.38 Å². The number of likely N-dealkylation sites (N-methyl/N-ethyl adjacent to an activating group) is 1. The Kier molecular flexibility index (Phi) is 6.90. The van der Waals surface area contributed by atoms with E-state index in [1.54, 1.807) is 31.1 Å². The molecular formula is C21H30FN5O. The number of fused-ring (bicyclic) bond motifs is 1. The minimum atomic E-state index is -0.232. The molecule has 7 heteroatoms. The zero-order valence-electron chi connectivity index (χ0n) is 16.7. The lowest BCUT2D eigenvalue weighted by molar-refractivity contribution is -0.127. The minimum absolute atomic E-state index is 0.0307. The number of nitrogens with one attached hydrogen (secondary N) is 3. The number of hydrogen-bond acceptors (Lipinski definition) is 2. The normalized spacial score (nSPS) is 15.6. The molecule has 0 radical (unpaired) electrons. The highest BCUT2D eigenvalue weighted by atomic mass is 19.1. The number of hydrogen-bond donors (Lipinski definition) is 3. The molecule has 1 amide bonds. The van der Waals surface area contributed by atoms with Crippen molar-refractivity contribution in [2.24, 2.45) is 4.99 Å². The SMILES string of the molecule is CN(C)C(=O)CN=C(NCCc1c[nH]c2ccc(F)cc12)NC1CCCCC1. The zero-order chi connectivity index (χ0) is 19.9. The third kappa shape index (κ3) is 5.47. The van der Waals surface area contributed by atoms with Crippen LogP contribution in [-0.2, 0) is 11.2 Å². The molecule has 0 spiro atoms. The van der Waals surface area contributed by atoms with Crippen LogP contribution < -0.4 is 10.6 Å². The fourth-order valence-electron chi connectivity index (χ4n) is 3.55. The highest BCUT2D eigenvalue weighted by Crippen LogP contribution is 2.20. The molecule has 0 saturated heterocycles. The second kappa shape index (κ2) is 9.57. The molecule has 0 bridgehead atoms. The van der Waals surface area contributed by atoms with Gasteiger partial charge >= 0.3 is 0 Å². The average Bonchev–Trinajstić information content (AvgIpc) is 3.08. The smallest absolute Gasteiger partial charge is 0.243 e. The molecule has 0 atom stereocenters. The van der Waals surface area contributed by atoms with Gasteiger partial charge in [-0.3, -0.25) is 4.79 Å². The van der Waals surface area contributed by atoms with Gasteiger partial charge in [-0.2, -0.15) is 0 Å². The van der Waals surface area contributed by atoms with E-state index in [-0.39, 0.29) is 18.3 Å². The Balaban J connectivity index is 1.61. The van der Waals surface area contributed by atoms with Gasteiger partial charge in [-0.05, 0) is 43.0 Å². The number of carbonyl (C=O) groups excluding carboxylic acids is 1. The maximum absolute atomic E-state index is 13.6. The third-order valence-electron chi connectivity index (χ3n) is 5.23. The van der Waals surface area contributed by atoms with E-state index in [0.29, 0.717) is 18.5 Å². The monoisotopic (exact) mass is 387 g/mol. The predicted molar refractivity (Wildman–Crippen MR) is 111 cm³/mol. The molecule has 0 aliphatic heterocycles. The van der Waals surface area contributed by atoms with Crippen molar-refractivity contribution in [3.63, 3.8) is 0 Å². The van der Waals surface area contributed by atoms with Crippen LogP contribution in [0.4, 0.5) is 4.39 Å². The van der Waals surface area contributed by atoms with E-state index >= 15 is 0 Å². The van der Waals surface area contributed by atoms with Crippen molar-refractivity contribution in [1.29, 1.82) is 0 Å². The van der Waals surface area contributed by atoms with Crippen LogP contribution in [0.5, 0.6) is 0 Å². The molecule has 6 nitrogen and oxygen atoms in total. The fourth-order valence-corrected chi connectivity index (χ4v) is 3.55. The average molecular weight is 388 g/mol. The van der Waals surface area contributed by atoms with Crippen molar-refractivity contribution < 1.29 is 9.18 Å². The summed E-state index contributed by atoms with van der Waals surface area (Å²) in [5, 5.41) is 7.72. The molecule has 2 aromatic rings. The molecule has 1 aromatic heterocycles. The Hall–Kier alpha value is -2.57. The minimum Gasteiger partial charge on any atom is -0.361 e. The number of rotatable bonds is 6. The fraction of sp³-hybridized carbons (Fsp3) is 0.524. The van der Waals surface area contributed by atoms with E-state index in [2.05, 4.69) is 20.6 Å². The Bertz CT molecular complexity index is 823. The van der Waals surface area contributed by atoms with E-state index < -0.39 is 0 Å². The van der Waals surface area contributed by atoms with Gasteiger partial charge < -0.3 is 20.5 Å². The lowest BCUT2D eigenvalue weighted by Gasteiger charge is -2.25. The van der Waals surface area contributed by atoms with Gasteiger partial charge in [0.1, 0.15) is 12.4 Å². The molecule has 0 unspecified atom stereocenters. The summed E-state index contributed by atoms with van der Waals surface area (Å²) in [4.78, 5) is 21.1. The Morgan fingerprint density at radius 1 is 1.29 bits per heavy atom. The summed E-state index contributed by atoms with van der Waals surface area (Å²) in [6.07, 6.45) is 8.65. The van der Waals surface area contributed by atoms with Crippen molar-refractivity contribution in [1.82, 2.24) is 20.5 Å². The van der Waals surface area contributed by atoms with Crippen LogP contribution in [0, 0.1) is 5.82 Å². The summed E-state index contributed by atoms with van der Waals surface area (Å²) in [5.74, 6) is 0.412. The van der Waals surface area contributed by atoms with E-state index in [0.717, 1.165) is 35.7 Å². The first-order valence-electron chi connectivity index (χ1n) is 10.0. The van der Waals surface area contributed by atoms with Crippen molar-refractivity contribution >= 4 is 22.8 Å². The first-order valence-corrected chi connectivity index (χ1v) is 10.0. The molecule has 1 fully saturated rings. The summed E-state index contributed by atoms with van der Waals surface area (Å²) >= 11 is 0. The third-order valence-corrected chi connectivity index (χ3v) is 5.23. The van der Waals surface area contributed by atoms with Gasteiger partial charge in [0.2, 0.25) is 5.91 Å². The van der Waals surface area contributed by atoms with Gasteiger partial charge in [-0.1, -0.05) is 19.3 Å². The number of carbonyl (C=O) groups is 1. The number of H-pyrrole nitrogens is 1. The molecule has 1 saturated carbocycles. The predicted octanol–water partition coefficient (Wildman–Crippen LogP) is 2.81. The van der Waals surface area contributed by atoms with E-state index in [4.69, 9.17) is 0 Å². The second-order valence-corrected chi connectivity index (χ2v) is 7.61. The van der Waals surface area contributed by atoms with Gasteiger partial charge in [0.05, 0.1) is 0 Å². The number of benzene rings is 1. The number of amides is 1. The number of aromatic nitrogens is 1. The molecule has 3 rings (SSSR count). The zero-order valence-corrected chi connectivity index (χ0v) is 16.7. The van der Waals surface area contributed by atoms with Gasteiger partial charge in [0.15, 0.2) is 5.96 Å². The molecule has 1 aliphatic carbocycles. The number of guanidine groups is 1. The number of nitrogens with zero attached hydrogens (tertiary/aromatic N) is 2. The van der Waals surface area contributed by atoms with Crippen LogP contribution in [0.1, 0.15) is 37.7 Å². The van der Waals surface area contributed by atoms with E-state index in [1.807, 2.05) is 6.20 Å². The summed E-state index contributed by atoms with van der Waals surface area (Å²) in [7, 11) is 3.46. The highest BCUT2D eigenvalue weighted by Gasteiger charge is 2.15. The molecule has 3 N–H and O–H groups in total. The summed E-state index contributed by atoms with van der Waals surface area (Å²) in [6.45, 7) is 0.769. The number of halogens is 1. The van der Waals surface area contributed by atoms with Crippen molar-refractivity contribution in [3.8, 4) is 0 Å². The number of aliphatic imine (C=N–C) groups is 1. The summed E-state index contributed by atoms with van der Waals surface area (Å²) in [5.41, 5.74) is 1.99. The standard InChI is InChI=1S/C21H30FN5O/c1-27(2)20(28)14-25-21(26-17-6-4-3-5-7-17)23-11-10-15-13-24-19-9-8-16(22)12-18(15)19/h8-9,12-13,17,24H,3-7,10-11,14H2,1-2H3,(H2,23,25,26). The van der Waals surface area contributed by atoms with Gasteiger partial charge in [0, 0.05) is 43.8 Å². The Morgan fingerprint density at radius 3 is 2.82 bits per heavy atom. The molecular weight excluding hydrogens is 357 g/mol. The maximum Gasteiger partial charge on any atom is 0.243 e. The van der Waals surface area contributed by atoms with Crippen molar-refractivity contribution in [2.45, 2.75) is 44.6 Å². The van der Waals surface area contributed by atoms with Gasteiger partial charge in [0.25, 0.3) is 0 Å². The summed E-state index contributed by atoms with van der Waals surface area (Å²) in [6, 6.07) is 5.18. The van der Waals surface area contributed by atoms with Crippen LogP contribution in [0.3, 0.4) is 0 Å². The summed E-state index contributed by atoms with van der Waals surface area (Å²) < 4.78 is 13.6. The lowest BCUT2D eigenvalue weighted by atomic mass is 9.96. The Morgan fingerprint density at radius 2 is 2.07 bits per heavy atom. The van der Waals surface area contributed by atoms with Crippen LogP contribution in [0.25, 0.3) is 10.9 Å². The topological polar surface area (TPSA) is 72.5 Å². The molecule has 152 valence electrons. The maximum atomic E-state index is 13.6. The molecule has 1 aliphatic rings. The number of aromatic amines is 1. The first kappa shape index (κ1) is 20.2. The quantitative estimate of drug-likeness (QED) is 0.527. The molecule has 1 aromatic carbocycles. The van der Waals surface area contributed by atoms with E-state index in [1.165, 1.54) is 25.3 Å². The Labute approximate surface area is 165 Å². The van der Waals surface area contributed by atoms with Crippen LogP contribution in [-0.4, -0.2) is 55.0 Å². The second-order valence-electron chi connectivity index (χ2n) is 7.61. The van der Waals surface area contributed by atoms with Crippen LogP contribution >= 0.6 is 0 Å². The van der Waals surface area contributed by atoms with Crippen molar-refractivity contribution in [2.75, 3.05) is 27.2 Å².